The molecule has 0 aliphatic carbocycles. The van der Waals surface area contributed by atoms with Gasteiger partial charge in [0.25, 0.3) is 0 Å². The minimum absolute atomic E-state index is 0.257. The Morgan fingerprint density at radius 3 is 2.74 bits per heavy atom. The number of ether oxygens (including phenoxy) is 1. The molecule has 0 spiro atoms. The Bertz CT molecular complexity index is 505. The van der Waals surface area contributed by atoms with E-state index in [1.54, 1.807) is 13.3 Å². The summed E-state index contributed by atoms with van der Waals surface area (Å²) in [4.78, 5) is 5.48. The Morgan fingerprint density at radius 1 is 1.26 bits per heavy atom. The Morgan fingerprint density at radius 2 is 2.05 bits per heavy atom. The molecule has 0 saturated heterocycles. The zero-order valence-corrected chi connectivity index (χ0v) is 12.0. The molecule has 0 amide bonds. The van der Waals surface area contributed by atoms with Gasteiger partial charge in [-0.2, -0.15) is 0 Å². The molecule has 1 heterocycles. The molecule has 19 heavy (non-hydrogen) atoms. The molecule has 0 aliphatic rings. The first-order valence-electron chi connectivity index (χ1n) is 6.17. The average Bonchev–Trinajstić information content (AvgIpc) is 2.49. The monoisotopic (exact) mass is 274 g/mol. The van der Waals surface area contributed by atoms with Gasteiger partial charge < -0.3 is 10.1 Å². The van der Waals surface area contributed by atoms with Gasteiger partial charge in [-0.15, -0.1) is 11.8 Å². The van der Waals surface area contributed by atoms with Gasteiger partial charge in [-0.05, 0) is 30.8 Å². The smallest absolute Gasteiger partial charge is 0.137 e. The zero-order chi connectivity index (χ0) is 13.5. The highest BCUT2D eigenvalue weighted by atomic mass is 32.2. The molecule has 2 aromatic rings. The van der Waals surface area contributed by atoms with E-state index in [2.05, 4.69) is 34.6 Å². The second-order valence-corrected chi connectivity index (χ2v) is 5.22. The van der Waals surface area contributed by atoms with Gasteiger partial charge in [-0.1, -0.05) is 18.2 Å². The molecule has 2 rings (SSSR count). The fourth-order valence-corrected chi connectivity index (χ4v) is 2.85. The first-order valence-corrected chi connectivity index (χ1v) is 7.16. The van der Waals surface area contributed by atoms with Crippen LogP contribution in [0.5, 0.6) is 5.75 Å². The van der Waals surface area contributed by atoms with Crippen LogP contribution in [0, 0.1) is 0 Å². The third kappa shape index (κ3) is 3.98. The van der Waals surface area contributed by atoms with Gasteiger partial charge in [0.15, 0.2) is 0 Å². The third-order valence-electron chi connectivity index (χ3n) is 2.88. The number of thioether (sulfide) groups is 1. The summed E-state index contributed by atoms with van der Waals surface area (Å²) in [6, 6.07) is 12.7. The average molecular weight is 274 g/mol. The zero-order valence-electron chi connectivity index (χ0n) is 11.2. The SMILES string of the molecule is CNC(CSc1ccccc1)c1cncc(OC)c1. The molecule has 1 N–H and O–H groups in total. The number of hydrogen-bond donors (Lipinski definition) is 1. The van der Waals surface area contributed by atoms with Crippen LogP contribution in [0.4, 0.5) is 0 Å². The number of hydrogen-bond acceptors (Lipinski definition) is 4. The molecule has 0 bridgehead atoms. The van der Waals surface area contributed by atoms with Crippen LogP contribution in [-0.4, -0.2) is 24.9 Å². The summed E-state index contributed by atoms with van der Waals surface area (Å²) in [5, 5.41) is 3.32. The quantitative estimate of drug-likeness (QED) is 0.821. The minimum atomic E-state index is 0.257. The van der Waals surface area contributed by atoms with Gasteiger partial charge in [-0.25, -0.2) is 0 Å². The molecule has 1 atom stereocenters. The summed E-state index contributed by atoms with van der Waals surface area (Å²) in [5.74, 6) is 1.75. The number of benzene rings is 1. The predicted octanol–water partition coefficient (Wildman–Crippen LogP) is 3.14. The van der Waals surface area contributed by atoms with Crippen molar-refractivity contribution in [2.75, 3.05) is 19.9 Å². The van der Waals surface area contributed by atoms with Crippen molar-refractivity contribution in [3.8, 4) is 5.75 Å². The standard InChI is InChI=1S/C15H18N2OS/c1-16-15(11-19-14-6-4-3-5-7-14)12-8-13(18-2)10-17-9-12/h3-10,15-16H,11H2,1-2H3. The van der Waals surface area contributed by atoms with Gasteiger partial charge in [-0.3, -0.25) is 4.98 Å². The lowest BCUT2D eigenvalue weighted by Gasteiger charge is -2.16. The van der Waals surface area contributed by atoms with Crippen LogP contribution in [0.25, 0.3) is 0 Å². The summed E-state index contributed by atoms with van der Waals surface area (Å²) < 4.78 is 5.22. The summed E-state index contributed by atoms with van der Waals surface area (Å²) in [6.07, 6.45) is 3.61. The number of methoxy groups -OCH3 is 1. The van der Waals surface area contributed by atoms with E-state index >= 15 is 0 Å². The maximum atomic E-state index is 5.22. The second kappa shape index (κ2) is 7.16. The van der Waals surface area contributed by atoms with E-state index in [1.807, 2.05) is 37.1 Å². The van der Waals surface area contributed by atoms with Crippen LogP contribution in [0.3, 0.4) is 0 Å². The van der Waals surface area contributed by atoms with Crippen molar-refractivity contribution in [2.45, 2.75) is 10.9 Å². The highest BCUT2D eigenvalue weighted by Crippen LogP contribution is 2.25. The number of nitrogens with zero attached hydrogens (tertiary/aromatic N) is 1. The number of aromatic nitrogens is 1. The van der Waals surface area contributed by atoms with E-state index in [9.17, 15) is 0 Å². The molecule has 1 unspecified atom stereocenters. The summed E-state index contributed by atoms with van der Waals surface area (Å²) >= 11 is 1.83. The van der Waals surface area contributed by atoms with Gasteiger partial charge in [0.2, 0.25) is 0 Å². The first-order chi connectivity index (χ1) is 9.33. The van der Waals surface area contributed by atoms with E-state index in [1.165, 1.54) is 4.90 Å². The number of nitrogens with one attached hydrogen (secondary N) is 1. The van der Waals surface area contributed by atoms with Gasteiger partial charge >= 0.3 is 0 Å². The highest BCUT2D eigenvalue weighted by Gasteiger charge is 2.11. The predicted molar refractivity (Wildman–Crippen MR) is 79.8 cm³/mol. The lowest BCUT2D eigenvalue weighted by molar-refractivity contribution is 0.411. The molecule has 0 fully saturated rings. The summed E-state index contributed by atoms with van der Waals surface area (Å²) in [7, 11) is 3.63. The van der Waals surface area contributed by atoms with Crippen LogP contribution in [0.15, 0.2) is 53.7 Å². The van der Waals surface area contributed by atoms with Crippen LogP contribution >= 0.6 is 11.8 Å². The van der Waals surface area contributed by atoms with Crippen molar-refractivity contribution in [3.05, 3.63) is 54.4 Å². The van der Waals surface area contributed by atoms with Gasteiger partial charge in [0.1, 0.15) is 5.75 Å². The molecule has 0 aliphatic heterocycles. The minimum Gasteiger partial charge on any atom is -0.495 e. The van der Waals surface area contributed by atoms with Crippen LogP contribution < -0.4 is 10.1 Å². The molecule has 1 aromatic heterocycles. The van der Waals surface area contributed by atoms with E-state index < -0.39 is 0 Å². The molecule has 3 nitrogen and oxygen atoms in total. The number of rotatable bonds is 6. The normalized spacial score (nSPS) is 12.1. The maximum absolute atomic E-state index is 5.22. The van der Waals surface area contributed by atoms with Gasteiger partial charge in [0.05, 0.1) is 13.3 Å². The third-order valence-corrected chi connectivity index (χ3v) is 3.99. The van der Waals surface area contributed by atoms with Crippen molar-refractivity contribution in [2.24, 2.45) is 0 Å². The molecule has 1 aromatic carbocycles. The van der Waals surface area contributed by atoms with E-state index in [0.29, 0.717) is 0 Å². The lowest BCUT2D eigenvalue weighted by Crippen LogP contribution is -2.18. The van der Waals surface area contributed by atoms with Crippen molar-refractivity contribution < 1.29 is 4.74 Å². The maximum Gasteiger partial charge on any atom is 0.137 e. The highest BCUT2D eigenvalue weighted by molar-refractivity contribution is 7.99. The summed E-state index contributed by atoms with van der Waals surface area (Å²) in [6.45, 7) is 0. The fourth-order valence-electron chi connectivity index (χ4n) is 1.78. The fraction of sp³-hybridized carbons (Fsp3) is 0.267. The Kier molecular flexibility index (Phi) is 5.24. The molecule has 0 saturated carbocycles. The molecular formula is C15H18N2OS. The van der Waals surface area contributed by atoms with Crippen molar-refractivity contribution in [1.29, 1.82) is 0 Å². The lowest BCUT2D eigenvalue weighted by atomic mass is 10.1. The Labute approximate surface area is 118 Å². The van der Waals surface area contributed by atoms with Crippen molar-refractivity contribution in [1.82, 2.24) is 10.3 Å². The molecule has 0 radical (unpaired) electrons. The van der Waals surface area contributed by atoms with Crippen LogP contribution in [-0.2, 0) is 0 Å². The van der Waals surface area contributed by atoms with Gasteiger partial charge in [0, 0.05) is 22.9 Å². The molecular weight excluding hydrogens is 256 g/mol. The summed E-state index contributed by atoms with van der Waals surface area (Å²) in [5.41, 5.74) is 1.14. The van der Waals surface area contributed by atoms with E-state index in [4.69, 9.17) is 4.74 Å². The first kappa shape index (κ1) is 13.9. The van der Waals surface area contributed by atoms with E-state index in [0.717, 1.165) is 17.1 Å². The number of pyridine rings is 1. The largest absolute Gasteiger partial charge is 0.495 e. The Balaban J connectivity index is 2.03. The van der Waals surface area contributed by atoms with Crippen LogP contribution in [0.1, 0.15) is 11.6 Å². The van der Waals surface area contributed by atoms with Crippen molar-refractivity contribution >= 4 is 11.8 Å². The molecule has 100 valence electrons. The Hall–Kier alpha value is -1.52. The van der Waals surface area contributed by atoms with Crippen molar-refractivity contribution in [3.63, 3.8) is 0 Å². The second-order valence-electron chi connectivity index (χ2n) is 4.12. The topological polar surface area (TPSA) is 34.2 Å². The van der Waals surface area contributed by atoms with Crippen LogP contribution in [0.2, 0.25) is 0 Å². The van der Waals surface area contributed by atoms with E-state index in [-0.39, 0.29) is 6.04 Å². The molecule has 4 heteroatoms.